The topological polar surface area (TPSA) is 104 Å². The van der Waals surface area contributed by atoms with Crippen LogP contribution in [-0.4, -0.2) is 70.1 Å². The summed E-state index contributed by atoms with van der Waals surface area (Å²) in [4.78, 5) is 19.6. The highest BCUT2D eigenvalue weighted by Gasteiger charge is 2.30. The van der Waals surface area contributed by atoms with Crippen molar-refractivity contribution in [2.75, 3.05) is 31.2 Å². The van der Waals surface area contributed by atoms with Gasteiger partial charge in [-0.25, -0.2) is 22.7 Å². The molecule has 0 aliphatic carbocycles. The molecule has 2 fully saturated rings. The van der Waals surface area contributed by atoms with E-state index in [4.69, 9.17) is 4.74 Å². The van der Waals surface area contributed by atoms with Crippen molar-refractivity contribution in [2.45, 2.75) is 50.4 Å². The predicted molar refractivity (Wildman–Crippen MR) is 129 cm³/mol. The molecule has 2 aliphatic rings. The molecular formula is C25H29F3N6O3. The highest BCUT2D eigenvalue weighted by molar-refractivity contribution is 5.96. The number of aliphatic hydroxyl groups is 1. The number of carbonyl (C=O) groups excluding carboxylic acids is 1. The molecule has 2 aromatic heterocycles. The summed E-state index contributed by atoms with van der Waals surface area (Å²) in [6, 6.07) is 4.82. The lowest BCUT2D eigenvalue weighted by atomic mass is 10.0. The fourth-order valence-corrected chi connectivity index (χ4v) is 4.99. The number of rotatable bonds is 7. The van der Waals surface area contributed by atoms with E-state index in [2.05, 4.69) is 25.6 Å². The molecule has 2 unspecified atom stereocenters. The van der Waals surface area contributed by atoms with Crippen molar-refractivity contribution in [3.05, 3.63) is 59.3 Å². The Balaban J connectivity index is 1.31. The number of nitrogens with one attached hydrogen (secondary N) is 2. The first-order valence-electron chi connectivity index (χ1n) is 12.3. The smallest absolute Gasteiger partial charge is 0.266 e. The van der Waals surface area contributed by atoms with Crippen LogP contribution in [0.25, 0.3) is 5.65 Å². The van der Waals surface area contributed by atoms with Crippen molar-refractivity contribution in [3.63, 3.8) is 0 Å². The number of fused-ring (bicyclic) bond motifs is 1. The third kappa shape index (κ3) is 5.27. The SMILES string of the molecule is C[C@@H](NC(=O)c1cc(N2CCC(NC3COCC3O)CC2)c2ncnn2c1)c1cccc(C(F)F)c1F. The summed E-state index contributed by atoms with van der Waals surface area (Å²) in [6.07, 6.45) is 1.15. The van der Waals surface area contributed by atoms with Gasteiger partial charge in [-0.3, -0.25) is 4.79 Å². The summed E-state index contributed by atoms with van der Waals surface area (Å²) in [5, 5.41) is 20.4. The normalized spacial score (nSPS) is 21.6. The molecule has 4 heterocycles. The van der Waals surface area contributed by atoms with E-state index in [-0.39, 0.29) is 23.2 Å². The van der Waals surface area contributed by atoms with E-state index < -0.39 is 35.9 Å². The fraction of sp³-hybridized carbons (Fsp3) is 0.480. The first-order valence-corrected chi connectivity index (χ1v) is 12.3. The second kappa shape index (κ2) is 10.6. The summed E-state index contributed by atoms with van der Waals surface area (Å²) >= 11 is 0. The molecule has 12 heteroatoms. The fourth-order valence-electron chi connectivity index (χ4n) is 4.99. The second-order valence-electron chi connectivity index (χ2n) is 9.53. The molecule has 2 saturated heterocycles. The van der Waals surface area contributed by atoms with E-state index in [1.54, 1.807) is 13.0 Å². The van der Waals surface area contributed by atoms with Crippen LogP contribution in [-0.2, 0) is 4.74 Å². The molecule has 3 atom stereocenters. The molecule has 37 heavy (non-hydrogen) atoms. The minimum absolute atomic E-state index is 0.0134. The lowest BCUT2D eigenvalue weighted by Gasteiger charge is -2.35. The Morgan fingerprint density at radius 3 is 2.68 bits per heavy atom. The Labute approximate surface area is 211 Å². The summed E-state index contributed by atoms with van der Waals surface area (Å²) in [5.41, 5.74) is 0.924. The Morgan fingerprint density at radius 2 is 1.97 bits per heavy atom. The van der Waals surface area contributed by atoms with Gasteiger partial charge in [-0.2, -0.15) is 5.10 Å². The number of aliphatic hydroxyl groups excluding tert-OH is 1. The van der Waals surface area contributed by atoms with Gasteiger partial charge in [0.1, 0.15) is 12.1 Å². The number of ether oxygens (including phenoxy) is 1. The van der Waals surface area contributed by atoms with Gasteiger partial charge in [-0.15, -0.1) is 0 Å². The third-order valence-electron chi connectivity index (χ3n) is 7.06. The average Bonchev–Trinajstić information content (AvgIpc) is 3.52. The summed E-state index contributed by atoms with van der Waals surface area (Å²) in [6.45, 7) is 3.80. The standard InChI is InChI=1S/C25H29F3N6O3/c1-14(17-3-2-4-18(22(17)26)23(27)28)31-25(36)15-9-20(24-29-13-30-34(24)10-15)33-7-5-16(6-8-33)32-19-11-37-12-21(19)35/h2-4,9-10,13-14,16,19,21,23,32,35H,5-8,11-12H2,1H3,(H,31,36)/t14-,19?,21?/m1/s1. The lowest BCUT2D eigenvalue weighted by molar-refractivity contribution is 0.0938. The number of amides is 1. The highest BCUT2D eigenvalue weighted by Crippen LogP contribution is 2.29. The average molecular weight is 519 g/mol. The number of nitrogens with zero attached hydrogens (tertiary/aromatic N) is 4. The zero-order chi connectivity index (χ0) is 26.1. The van der Waals surface area contributed by atoms with Crippen LogP contribution in [0, 0.1) is 5.82 Å². The molecule has 3 N–H and O–H groups in total. The van der Waals surface area contributed by atoms with Gasteiger partial charge >= 0.3 is 0 Å². The van der Waals surface area contributed by atoms with Gasteiger partial charge < -0.3 is 25.4 Å². The van der Waals surface area contributed by atoms with Crippen molar-refractivity contribution in [3.8, 4) is 0 Å². The van der Waals surface area contributed by atoms with E-state index in [1.165, 1.54) is 29.2 Å². The molecule has 198 valence electrons. The van der Waals surface area contributed by atoms with E-state index in [0.717, 1.165) is 24.6 Å². The van der Waals surface area contributed by atoms with Gasteiger partial charge in [0, 0.05) is 30.9 Å². The molecule has 1 aromatic carbocycles. The minimum Gasteiger partial charge on any atom is -0.389 e. The van der Waals surface area contributed by atoms with Crippen molar-refractivity contribution < 1.29 is 27.8 Å². The molecule has 0 saturated carbocycles. The van der Waals surface area contributed by atoms with Crippen LogP contribution in [0.2, 0.25) is 0 Å². The Kier molecular flexibility index (Phi) is 7.31. The van der Waals surface area contributed by atoms with Gasteiger partial charge in [0.25, 0.3) is 12.3 Å². The number of hydrogen-bond acceptors (Lipinski definition) is 7. The number of alkyl halides is 2. The number of anilines is 1. The largest absolute Gasteiger partial charge is 0.389 e. The Bertz CT molecular complexity index is 1260. The summed E-state index contributed by atoms with van der Waals surface area (Å²) in [5.74, 6) is -1.51. The molecular weight excluding hydrogens is 489 g/mol. The van der Waals surface area contributed by atoms with Gasteiger partial charge in [0.05, 0.1) is 48.2 Å². The molecule has 1 amide bonds. The van der Waals surface area contributed by atoms with Crippen LogP contribution in [0.5, 0.6) is 0 Å². The number of hydrogen-bond donors (Lipinski definition) is 3. The number of aromatic nitrogens is 3. The first kappa shape index (κ1) is 25.4. The number of pyridine rings is 1. The van der Waals surface area contributed by atoms with E-state index in [0.29, 0.717) is 32.0 Å². The summed E-state index contributed by atoms with van der Waals surface area (Å²) in [7, 11) is 0. The maximum atomic E-state index is 14.6. The number of piperidine rings is 1. The minimum atomic E-state index is -2.95. The Hall–Kier alpha value is -3.22. The van der Waals surface area contributed by atoms with Crippen LogP contribution >= 0.6 is 0 Å². The molecule has 0 spiro atoms. The lowest BCUT2D eigenvalue weighted by Crippen LogP contribution is -2.49. The molecule has 9 nitrogen and oxygen atoms in total. The van der Waals surface area contributed by atoms with Gasteiger partial charge in [-0.1, -0.05) is 18.2 Å². The van der Waals surface area contributed by atoms with Crippen LogP contribution in [0.15, 0.2) is 36.8 Å². The van der Waals surface area contributed by atoms with Gasteiger partial charge in [-0.05, 0) is 25.8 Å². The zero-order valence-corrected chi connectivity index (χ0v) is 20.3. The monoisotopic (exact) mass is 518 g/mol. The van der Waals surface area contributed by atoms with Crippen LogP contribution in [0.3, 0.4) is 0 Å². The zero-order valence-electron chi connectivity index (χ0n) is 20.3. The van der Waals surface area contributed by atoms with Crippen molar-refractivity contribution >= 4 is 17.2 Å². The molecule has 2 aliphatic heterocycles. The number of benzene rings is 1. The molecule has 0 bridgehead atoms. The van der Waals surface area contributed by atoms with E-state index in [9.17, 15) is 23.1 Å². The molecule has 0 radical (unpaired) electrons. The van der Waals surface area contributed by atoms with Crippen LogP contribution in [0.1, 0.15) is 53.7 Å². The van der Waals surface area contributed by atoms with Crippen molar-refractivity contribution in [1.82, 2.24) is 25.2 Å². The number of halogens is 3. The summed E-state index contributed by atoms with van der Waals surface area (Å²) < 4.78 is 47.7. The van der Waals surface area contributed by atoms with Gasteiger partial charge in [0.15, 0.2) is 5.65 Å². The van der Waals surface area contributed by atoms with Crippen LogP contribution in [0.4, 0.5) is 18.9 Å². The van der Waals surface area contributed by atoms with E-state index >= 15 is 0 Å². The maximum Gasteiger partial charge on any atom is 0.266 e. The Morgan fingerprint density at radius 1 is 1.22 bits per heavy atom. The molecule has 3 aromatic rings. The van der Waals surface area contributed by atoms with Gasteiger partial charge in [0.2, 0.25) is 0 Å². The molecule has 5 rings (SSSR count). The van der Waals surface area contributed by atoms with Crippen LogP contribution < -0.4 is 15.5 Å². The van der Waals surface area contributed by atoms with E-state index in [1.807, 2.05) is 0 Å². The quantitative estimate of drug-likeness (QED) is 0.442. The van der Waals surface area contributed by atoms with Crippen molar-refractivity contribution in [2.24, 2.45) is 0 Å². The second-order valence-corrected chi connectivity index (χ2v) is 9.53. The maximum absolute atomic E-state index is 14.6. The third-order valence-corrected chi connectivity index (χ3v) is 7.06. The highest BCUT2D eigenvalue weighted by atomic mass is 19.3. The number of carbonyl (C=O) groups is 1. The van der Waals surface area contributed by atoms with Crippen molar-refractivity contribution in [1.29, 1.82) is 0 Å². The first-order chi connectivity index (χ1) is 17.8. The predicted octanol–water partition coefficient (Wildman–Crippen LogP) is 2.62.